The predicted octanol–water partition coefficient (Wildman–Crippen LogP) is 1.06. The molecule has 116 valence electrons. The third-order valence-corrected chi connectivity index (χ3v) is 4.10. The second kappa shape index (κ2) is 8.47. The van der Waals surface area contributed by atoms with E-state index in [1.54, 1.807) is 0 Å². The normalized spacial score (nSPS) is 28.6. The summed E-state index contributed by atoms with van der Waals surface area (Å²) in [5.74, 6) is 1.64. The molecule has 2 saturated heterocycles. The van der Waals surface area contributed by atoms with Gasteiger partial charge in [0.25, 0.3) is 0 Å². The van der Waals surface area contributed by atoms with Crippen LogP contribution in [0.15, 0.2) is 4.99 Å². The van der Waals surface area contributed by atoms with Crippen molar-refractivity contribution < 1.29 is 4.74 Å². The molecule has 2 heterocycles. The molecule has 2 rings (SSSR count). The van der Waals surface area contributed by atoms with Crippen LogP contribution in [0.3, 0.4) is 0 Å². The summed E-state index contributed by atoms with van der Waals surface area (Å²) in [6.45, 7) is 8.13. The number of hydrogen-bond acceptors (Lipinski definition) is 3. The molecular weight excluding hydrogens is 252 g/mol. The highest BCUT2D eigenvalue weighted by atomic mass is 16.5. The van der Waals surface area contributed by atoms with Crippen LogP contribution in [-0.2, 0) is 4.74 Å². The van der Waals surface area contributed by atoms with Crippen molar-refractivity contribution in [3.8, 4) is 0 Å². The predicted molar refractivity (Wildman–Crippen MR) is 83.2 cm³/mol. The fraction of sp³-hybridized carbons (Fsp3) is 0.933. The summed E-state index contributed by atoms with van der Waals surface area (Å²) >= 11 is 0. The van der Waals surface area contributed by atoms with E-state index in [-0.39, 0.29) is 0 Å². The van der Waals surface area contributed by atoms with Crippen LogP contribution in [0.5, 0.6) is 0 Å². The Morgan fingerprint density at radius 3 is 2.90 bits per heavy atom. The molecule has 0 radical (unpaired) electrons. The van der Waals surface area contributed by atoms with Crippen molar-refractivity contribution >= 4 is 5.96 Å². The van der Waals surface area contributed by atoms with E-state index in [4.69, 9.17) is 9.73 Å². The van der Waals surface area contributed by atoms with E-state index < -0.39 is 0 Å². The van der Waals surface area contributed by atoms with Gasteiger partial charge in [0.15, 0.2) is 5.96 Å². The van der Waals surface area contributed by atoms with Gasteiger partial charge in [-0.15, -0.1) is 0 Å². The minimum Gasteiger partial charge on any atom is -0.376 e. The molecule has 5 nitrogen and oxygen atoms in total. The summed E-state index contributed by atoms with van der Waals surface area (Å²) < 4.78 is 5.64. The number of nitrogens with zero attached hydrogens (tertiary/aromatic N) is 2. The van der Waals surface area contributed by atoms with Crippen molar-refractivity contribution in [2.45, 2.75) is 38.7 Å². The molecule has 0 aromatic rings. The second-order valence-corrected chi connectivity index (χ2v) is 6.01. The lowest BCUT2D eigenvalue weighted by atomic mass is 9.99. The van der Waals surface area contributed by atoms with Gasteiger partial charge >= 0.3 is 0 Å². The average Bonchev–Trinajstić information content (AvgIpc) is 2.95. The third-order valence-electron chi connectivity index (χ3n) is 4.10. The molecule has 2 N–H and O–H groups in total. The molecular formula is C15H30N4O. The van der Waals surface area contributed by atoms with Gasteiger partial charge in [0.2, 0.25) is 0 Å². The third kappa shape index (κ3) is 5.29. The summed E-state index contributed by atoms with van der Waals surface area (Å²) in [4.78, 5) is 7.16. The molecule has 0 saturated carbocycles. The summed E-state index contributed by atoms with van der Waals surface area (Å²) in [7, 11) is 2.21. The standard InChI is InChI=1S/C15H30N4O/c1-3-16-15(18-11-14-7-5-9-20-14)17-10-13-6-4-8-19(2)12-13/h13-14H,3-12H2,1-2H3,(H2,16,17,18). The zero-order chi connectivity index (χ0) is 14.2. The SMILES string of the molecule is CCNC(=NCC1CCCN(C)C1)NCC1CCCO1. The van der Waals surface area contributed by atoms with Crippen molar-refractivity contribution in [1.82, 2.24) is 15.5 Å². The number of piperidine rings is 1. The Labute approximate surface area is 123 Å². The highest BCUT2D eigenvalue weighted by Gasteiger charge is 2.18. The number of hydrogen-bond donors (Lipinski definition) is 2. The molecule has 2 aliphatic heterocycles. The summed E-state index contributed by atoms with van der Waals surface area (Å²) in [5, 5.41) is 6.74. The van der Waals surface area contributed by atoms with Gasteiger partial charge in [-0.2, -0.15) is 0 Å². The van der Waals surface area contributed by atoms with Crippen LogP contribution in [0.25, 0.3) is 0 Å². The Morgan fingerprint density at radius 1 is 1.30 bits per heavy atom. The maximum absolute atomic E-state index is 5.64. The van der Waals surface area contributed by atoms with E-state index in [0.29, 0.717) is 12.0 Å². The van der Waals surface area contributed by atoms with Crippen molar-refractivity contribution in [2.24, 2.45) is 10.9 Å². The largest absolute Gasteiger partial charge is 0.376 e. The molecule has 0 spiro atoms. The monoisotopic (exact) mass is 282 g/mol. The summed E-state index contributed by atoms with van der Waals surface area (Å²) in [6.07, 6.45) is 5.32. The number of nitrogens with one attached hydrogen (secondary N) is 2. The smallest absolute Gasteiger partial charge is 0.191 e. The Kier molecular flexibility index (Phi) is 6.60. The van der Waals surface area contributed by atoms with Crippen LogP contribution in [0.4, 0.5) is 0 Å². The van der Waals surface area contributed by atoms with Gasteiger partial charge < -0.3 is 20.3 Å². The first kappa shape index (κ1) is 15.6. The van der Waals surface area contributed by atoms with Gasteiger partial charge in [0.05, 0.1) is 6.10 Å². The van der Waals surface area contributed by atoms with Gasteiger partial charge in [-0.05, 0) is 52.1 Å². The fourth-order valence-corrected chi connectivity index (χ4v) is 3.00. The molecule has 0 aromatic carbocycles. The molecule has 2 atom stereocenters. The van der Waals surface area contributed by atoms with Gasteiger partial charge in [0, 0.05) is 32.8 Å². The molecule has 5 heteroatoms. The van der Waals surface area contributed by atoms with Gasteiger partial charge in [-0.25, -0.2) is 0 Å². The van der Waals surface area contributed by atoms with Crippen molar-refractivity contribution in [3.63, 3.8) is 0 Å². The maximum atomic E-state index is 5.64. The van der Waals surface area contributed by atoms with E-state index in [9.17, 15) is 0 Å². The zero-order valence-corrected chi connectivity index (χ0v) is 13.0. The second-order valence-electron chi connectivity index (χ2n) is 6.01. The van der Waals surface area contributed by atoms with Crippen LogP contribution in [0.2, 0.25) is 0 Å². The van der Waals surface area contributed by atoms with E-state index in [1.165, 1.54) is 38.8 Å². The highest BCUT2D eigenvalue weighted by molar-refractivity contribution is 5.79. The number of aliphatic imine (C=N–C) groups is 1. The Balaban J connectivity index is 1.75. The number of rotatable bonds is 5. The minimum atomic E-state index is 0.361. The van der Waals surface area contributed by atoms with Crippen LogP contribution >= 0.6 is 0 Å². The fourth-order valence-electron chi connectivity index (χ4n) is 3.00. The Bertz CT molecular complexity index is 302. The molecule has 0 aromatic heterocycles. The Hall–Kier alpha value is -0.810. The van der Waals surface area contributed by atoms with Crippen molar-refractivity contribution in [1.29, 1.82) is 0 Å². The maximum Gasteiger partial charge on any atom is 0.191 e. The van der Waals surface area contributed by atoms with E-state index in [0.717, 1.165) is 32.2 Å². The van der Waals surface area contributed by atoms with Crippen LogP contribution in [0, 0.1) is 5.92 Å². The quantitative estimate of drug-likeness (QED) is 0.585. The summed E-state index contributed by atoms with van der Waals surface area (Å²) in [5.41, 5.74) is 0. The van der Waals surface area contributed by atoms with E-state index in [2.05, 4.69) is 29.5 Å². The first-order chi connectivity index (χ1) is 9.78. The minimum absolute atomic E-state index is 0.361. The topological polar surface area (TPSA) is 48.9 Å². The van der Waals surface area contributed by atoms with E-state index in [1.807, 2.05) is 0 Å². The average molecular weight is 282 g/mol. The van der Waals surface area contributed by atoms with E-state index >= 15 is 0 Å². The lowest BCUT2D eigenvalue weighted by molar-refractivity contribution is 0.113. The van der Waals surface area contributed by atoms with Gasteiger partial charge in [-0.3, -0.25) is 4.99 Å². The van der Waals surface area contributed by atoms with Crippen molar-refractivity contribution in [2.75, 3.05) is 46.4 Å². The van der Waals surface area contributed by atoms with Gasteiger partial charge in [-0.1, -0.05) is 0 Å². The molecule has 2 aliphatic rings. The molecule has 0 bridgehead atoms. The molecule has 2 unspecified atom stereocenters. The molecule has 0 aliphatic carbocycles. The zero-order valence-electron chi connectivity index (χ0n) is 13.0. The van der Waals surface area contributed by atoms with Crippen molar-refractivity contribution in [3.05, 3.63) is 0 Å². The lowest BCUT2D eigenvalue weighted by Crippen LogP contribution is -2.42. The molecule has 20 heavy (non-hydrogen) atoms. The molecule has 0 amide bonds. The molecule has 2 fully saturated rings. The number of guanidine groups is 1. The first-order valence-electron chi connectivity index (χ1n) is 8.10. The number of likely N-dealkylation sites (tertiary alicyclic amines) is 1. The van der Waals surface area contributed by atoms with Crippen LogP contribution in [0.1, 0.15) is 32.6 Å². The highest BCUT2D eigenvalue weighted by Crippen LogP contribution is 2.15. The Morgan fingerprint density at radius 2 is 2.20 bits per heavy atom. The van der Waals surface area contributed by atoms with Crippen LogP contribution in [-0.4, -0.2) is 63.3 Å². The van der Waals surface area contributed by atoms with Gasteiger partial charge in [0.1, 0.15) is 0 Å². The number of ether oxygens (including phenoxy) is 1. The summed E-state index contributed by atoms with van der Waals surface area (Å²) in [6, 6.07) is 0. The lowest BCUT2D eigenvalue weighted by Gasteiger charge is -2.28. The van der Waals surface area contributed by atoms with Crippen LogP contribution < -0.4 is 10.6 Å². The first-order valence-corrected chi connectivity index (χ1v) is 8.10.